The number of hydrogen-bond acceptors (Lipinski definition) is 4. The molecule has 1 amide bonds. The predicted molar refractivity (Wildman–Crippen MR) is 118 cm³/mol. The number of aromatic nitrogens is 2. The molecular weight excluding hydrogens is 382 g/mol. The Balaban J connectivity index is 1.66. The quantitative estimate of drug-likeness (QED) is 0.614. The molecule has 1 saturated carbocycles. The molecule has 1 aliphatic carbocycles. The third kappa shape index (κ3) is 3.99. The first kappa shape index (κ1) is 19.8. The van der Waals surface area contributed by atoms with E-state index in [1.165, 1.54) is 41.5 Å². The highest BCUT2D eigenvalue weighted by atomic mass is 32.1. The number of nitrogens with zero attached hydrogens (tertiary/aromatic N) is 3. The van der Waals surface area contributed by atoms with Crippen molar-refractivity contribution in [1.29, 1.82) is 0 Å². The molecule has 3 aromatic rings. The second kappa shape index (κ2) is 8.49. The van der Waals surface area contributed by atoms with E-state index in [1.807, 2.05) is 40.6 Å². The third-order valence-corrected chi connectivity index (χ3v) is 6.65. The fourth-order valence-corrected chi connectivity index (χ4v) is 5.32. The molecule has 5 nitrogen and oxygen atoms in total. The molecule has 0 radical (unpaired) electrons. The van der Waals surface area contributed by atoms with Crippen molar-refractivity contribution >= 4 is 27.5 Å². The minimum Gasteiger partial charge on any atom is -0.336 e. The Bertz CT molecular complexity index is 1050. The van der Waals surface area contributed by atoms with E-state index in [0.29, 0.717) is 10.2 Å². The summed E-state index contributed by atoms with van der Waals surface area (Å²) in [6.07, 6.45) is 7.22. The van der Waals surface area contributed by atoms with Crippen molar-refractivity contribution in [3.05, 3.63) is 52.4 Å². The first-order valence-corrected chi connectivity index (χ1v) is 11.3. The zero-order valence-electron chi connectivity index (χ0n) is 17.0. The lowest BCUT2D eigenvalue weighted by atomic mass is 9.93. The number of amides is 1. The van der Waals surface area contributed by atoms with Crippen molar-refractivity contribution in [2.75, 3.05) is 0 Å². The first-order valence-electron chi connectivity index (χ1n) is 10.4. The Kier molecular flexibility index (Phi) is 5.81. The SMILES string of the molecule is CC(C)N(C(=O)Cn1cnc2scc(-c3ccccc3)c2c1=O)C1CCCCC1. The van der Waals surface area contributed by atoms with E-state index in [4.69, 9.17) is 0 Å². The number of benzene rings is 1. The van der Waals surface area contributed by atoms with E-state index in [-0.39, 0.29) is 30.1 Å². The third-order valence-electron chi connectivity index (χ3n) is 5.76. The van der Waals surface area contributed by atoms with Gasteiger partial charge < -0.3 is 4.90 Å². The summed E-state index contributed by atoms with van der Waals surface area (Å²) in [5, 5.41) is 2.58. The molecule has 152 valence electrons. The average Bonchev–Trinajstić information content (AvgIpc) is 3.16. The molecule has 0 aliphatic heterocycles. The predicted octanol–water partition coefficient (Wildman–Crippen LogP) is 4.69. The molecule has 4 rings (SSSR count). The standard InChI is InChI=1S/C23H27N3O2S/c1-16(2)26(18-11-7-4-8-12-18)20(27)13-25-15-24-22-21(23(25)28)19(14-29-22)17-9-5-3-6-10-17/h3,5-6,9-10,14-16,18H,4,7-8,11-13H2,1-2H3. The van der Waals surface area contributed by atoms with Gasteiger partial charge in [0.1, 0.15) is 11.4 Å². The van der Waals surface area contributed by atoms with Crippen LogP contribution in [0.4, 0.5) is 0 Å². The summed E-state index contributed by atoms with van der Waals surface area (Å²) in [5.41, 5.74) is 1.74. The minimum atomic E-state index is -0.143. The van der Waals surface area contributed by atoms with Gasteiger partial charge in [-0.3, -0.25) is 14.2 Å². The monoisotopic (exact) mass is 409 g/mol. The summed E-state index contributed by atoms with van der Waals surface area (Å²) >= 11 is 1.46. The molecule has 0 spiro atoms. The van der Waals surface area contributed by atoms with Gasteiger partial charge in [-0.25, -0.2) is 4.98 Å². The summed E-state index contributed by atoms with van der Waals surface area (Å²) in [6, 6.07) is 10.3. The van der Waals surface area contributed by atoms with Crippen LogP contribution in [0.15, 0.2) is 46.8 Å². The van der Waals surface area contributed by atoms with E-state index >= 15 is 0 Å². The number of thiophene rings is 1. The van der Waals surface area contributed by atoms with Gasteiger partial charge in [0.2, 0.25) is 5.91 Å². The van der Waals surface area contributed by atoms with Crippen LogP contribution in [0.1, 0.15) is 46.0 Å². The molecule has 0 atom stereocenters. The topological polar surface area (TPSA) is 55.2 Å². The number of carbonyl (C=O) groups excluding carboxylic acids is 1. The van der Waals surface area contributed by atoms with Crippen LogP contribution < -0.4 is 5.56 Å². The van der Waals surface area contributed by atoms with Crippen LogP contribution >= 0.6 is 11.3 Å². The van der Waals surface area contributed by atoms with Crippen molar-refractivity contribution in [2.45, 2.75) is 64.6 Å². The number of hydrogen-bond donors (Lipinski definition) is 0. The Labute approximate surface area is 175 Å². The van der Waals surface area contributed by atoms with Crippen LogP contribution in [-0.4, -0.2) is 32.4 Å². The molecule has 2 heterocycles. The van der Waals surface area contributed by atoms with Gasteiger partial charge in [0.15, 0.2) is 0 Å². The van der Waals surface area contributed by atoms with E-state index in [9.17, 15) is 9.59 Å². The summed E-state index contributed by atoms with van der Waals surface area (Å²) in [5.74, 6) is 0.00615. The van der Waals surface area contributed by atoms with Crippen molar-refractivity contribution in [3.8, 4) is 11.1 Å². The zero-order chi connectivity index (χ0) is 20.4. The van der Waals surface area contributed by atoms with E-state index in [0.717, 1.165) is 24.0 Å². The molecule has 1 fully saturated rings. The normalized spacial score (nSPS) is 15.1. The van der Waals surface area contributed by atoms with Gasteiger partial charge in [-0.05, 0) is 32.3 Å². The van der Waals surface area contributed by atoms with Gasteiger partial charge in [-0.1, -0.05) is 49.6 Å². The first-order chi connectivity index (χ1) is 14.1. The Morgan fingerprint density at radius 1 is 1.21 bits per heavy atom. The van der Waals surface area contributed by atoms with E-state index < -0.39 is 0 Å². The maximum absolute atomic E-state index is 13.2. The lowest BCUT2D eigenvalue weighted by molar-refractivity contribution is -0.137. The summed E-state index contributed by atoms with van der Waals surface area (Å²) in [6.45, 7) is 4.16. The lowest BCUT2D eigenvalue weighted by Crippen LogP contribution is -2.47. The van der Waals surface area contributed by atoms with Crippen LogP contribution in [0.25, 0.3) is 21.3 Å². The Hall–Kier alpha value is -2.47. The van der Waals surface area contributed by atoms with Crippen LogP contribution in [-0.2, 0) is 11.3 Å². The van der Waals surface area contributed by atoms with E-state index in [1.54, 1.807) is 0 Å². The molecule has 2 aromatic heterocycles. The van der Waals surface area contributed by atoms with E-state index in [2.05, 4.69) is 18.8 Å². The smallest absolute Gasteiger partial charge is 0.263 e. The van der Waals surface area contributed by atoms with Crippen molar-refractivity contribution in [2.24, 2.45) is 0 Å². The van der Waals surface area contributed by atoms with Crippen molar-refractivity contribution < 1.29 is 4.79 Å². The fraction of sp³-hybridized carbons (Fsp3) is 0.435. The minimum absolute atomic E-state index is 0.00615. The Morgan fingerprint density at radius 3 is 2.62 bits per heavy atom. The molecule has 0 saturated heterocycles. The highest BCUT2D eigenvalue weighted by Gasteiger charge is 2.28. The van der Waals surface area contributed by atoms with Crippen LogP contribution in [0.2, 0.25) is 0 Å². The van der Waals surface area contributed by atoms with Gasteiger partial charge in [0.05, 0.1) is 11.7 Å². The second-order valence-corrected chi connectivity index (χ2v) is 8.92. The van der Waals surface area contributed by atoms with Gasteiger partial charge in [-0.2, -0.15) is 0 Å². The van der Waals surface area contributed by atoms with Gasteiger partial charge in [-0.15, -0.1) is 11.3 Å². The van der Waals surface area contributed by atoms with Crippen molar-refractivity contribution in [1.82, 2.24) is 14.5 Å². The number of rotatable bonds is 5. The summed E-state index contributed by atoms with van der Waals surface area (Å²) in [4.78, 5) is 33.6. The maximum atomic E-state index is 13.2. The van der Waals surface area contributed by atoms with Crippen molar-refractivity contribution in [3.63, 3.8) is 0 Å². The van der Waals surface area contributed by atoms with Crippen LogP contribution in [0.3, 0.4) is 0 Å². The van der Waals surface area contributed by atoms with Gasteiger partial charge in [0.25, 0.3) is 5.56 Å². The van der Waals surface area contributed by atoms with Gasteiger partial charge in [0, 0.05) is 23.0 Å². The zero-order valence-corrected chi connectivity index (χ0v) is 17.8. The number of carbonyl (C=O) groups is 1. The summed E-state index contributed by atoms with van der Waals surface area (Å²) in [7, 11) is 0. The average molecular weight is 410 g/mol. The lowest BCUT2D eigenvalue weighted by Gasteiger charge is -2.37. The van der Waals surface area contributed by atoms with Crippen LogP contribution in [0, 0.1) is 0 Å². The highest BCUT2D eigenvalue weighted by molar-refractivity contribution is 7.17. The molecule has 0 bridgehead atoms. The molecule has 6 heteroatoms. The fourth-order valence-electron chi connectivity index (χ4n) is 4.41. The molecule has 0 unspecified atom stereocenters. The second-order valence-electron chi connectivity index (χ2n) is 8.06. The highest BCUT2D eigenvalue weighted by Crippen LogP contribution is 2.30. The van der Waals surface area contributed by atoms with Crippen LogP contribution in [0.5, 0.6) is 0 Å². The van der Waals surface area contributed by atoms with Gasteiger partial charge >= 0.3 is 0 Å². The maximum Gasteiger partial charge on any atom is 0.263 e. The Morgan fingerprint density at radius 2 is 1.93 bits per heavy atom. The number of fused-ring (bicyclic) bond motifs is 1. The molecule has 0 N–H and O–H groups in total. The molecule has 1 aliphatic rings. The summed E-state index contributed by atoms with van der Waals surface area (Å²) < 4.78 is 1.47. The molecule has 29 heavy (non-hydrogen) atoms. The molecule has 1 aromatic carbocycles. The largest absolute Gasteiger partial charge is 0.336 e. The molecular formula is C23H27N3O2S.